The lowest BCUT2D eigenvalue weighted by molar-refractivity contribution is 0.237. The molecule has 1 saturated carbocycles. The molecule has 6 aliphatic rings. The molecule has 15 aromatic rings. The number of anilines is 5. The van der Waals surface area contributed by atoms with Gasteiger partial charge in [0.25, 0.3) is 0 Å². The number of nitrogens with zero attached hydrogens (tertiary/aromatic N) is 15. The molecule has 0 radical (unpaired) electrons. The molecule has 10 aromatic heterocycles. The maximum atomic E-state index is 6.25. The first-order valence-electron chi connectivity index (χ1n) is 40.7. The molecule has 15 heterocycles. The van der Waals surface area contributed by atoms with Crippen LogP contribution < -0.4 is 24.5 Å². The second kappa shape index (κ2) is 30.8. The van der Waals surface area contributed by atoms with Gasteiger partial charge in [0.05, 0.1) is 28.4 Å². The number of rotatable bonds is 10. The predicted molar refractivity (Wildman–Crippen MR) is 469 cm³/mol. The van der Waals surface area contributed by atoms with Crippen LogP contribution in [0.5, 0.6) is 0 Å². The van der Waals surface area contributed by atoms with Crippen LogP contribution in [0.25, 0.3) is 110 Å². The summed E-state index contributed by atoms with van der Waals surface area (Å²) < 4.78 is 30.9. The lowest BCUT2D eigenvalue weighted by Gasteiger charge is -2.34. The Kier molecular flexibility index (Phi) is 20.2. The Morgan fingerprint density at radius 2 is 0.643 bits per heavy atom. The lowest BCUT2D eigenvalue weighted by atomic mass is 10.1. The van der Waals surface area contributed by atoms with Crippen molar-refractivity contribution >= 4 is 138 Å². The molecule has 5 aliphatic heterocycles. The van der Waals surface area contributed by atoms with Gasteiger partial charge in [0.2, 0.25) is 0 Å². The zero-order valence-corrected chi connectivity index (χ0v) is 68.8. The summed E-state index contributed by atoms with van der Waals surface area (Å²) in [5.41, 5.74) is 21.0. The average molecular weight is 1530 g/mol. The quantitative estimate of drug-likeness (QED) is 0.127. The zero-order valence-electron chi connectivity index (χ0n) is 68.8. The maximum Gasteiger partial charge on any atom is 0.159 e. The van der Waals surface area contributed by atoms with E-state index in [2.05, 4.69) is 307 Å². The largest absolute Gasteiger partial charge is 0.454 e. The number of benzene rings is 5. The summed E-state index contributed by atoms with van der Waals surface area (Å²) in [5.74, 6) is 0.631. The second-order valence-electron chi connectivity index (χ2n) is 32.1. The topological polar surface area (TPSA) is 163 Å². The van der Waals surface area contributed by atoms with Gasteiger partial charge < -0.3 is 71.1 Å². The number of aromatic nitrogens is 5. The van der Waals surface area contributed by atoms with Crippen molar-refractivity contribution in [3.8, 4) is 0 Å². The van der Waals surface area contributed by atoms with Gasteiger partial charge >= 0.3 is 0 Å². The minimum absolute atomic E-state index is 0.269. The van der Waals surface area contributed by atoms with Gasteiger partial charge in [0, 0.05) is 210 Å². The van der Waals surface area contributed by atoms with E-state index in [0.717, 1.165) is 146 Å². The van der Waals surface area contributed by atoms with Gasteiger partial charge in [-0.25, -0.2) is 0 Å². The Morgan fingerprint density at radius 1 is 0.339 bits per heavy atom. The third kappa shape index (κ3) is 13.4. The highest BCUT2D eigenvalue weighted by Crippen LogP contribution is 2.46. The van der Waals surface area contributed by atoms with Crippen molar-refractivity contribution in [3.63, 3.8) is 0 Å². The standard InChI is InChI=1S/C21H23N3O.C20H23N3O.C19H21N3O.C18H19N3O.C17H17N3O/c1-14-7-8-17-18-13-22-10-9-19(18)25-21(17)20(14)24-12-11-23(15(24)2)16-5-3-4-6-16;1-13(2)12-22-9-10-23(15(22)4)19-14(3)5-6-16-17-11-21-8-7-18(17)24-20(16)19;1-12(2)21-9-10-22(14(21)4)18-13(3)5-6-15-16-11-20-8-7-17(16)23-19(15)18;1-4-20-9-10-21(13(20)3)17-12(2)5-6-14-15-11-19-8-7-16(15)22-18(14)17;1-11-4-5-13-14-10-18-7-6-15(14)21-17(13)16(11)20-9-8-19(3)12(20)2/h7-13,15-16H,3-6H2,1-2H3;5-11,13,15H,12H2,1-4H3;5-12,14H,1-4H3;5-11,13H,4H2,1-3H3;4-10,12H,1-3H3/t2*15-;14-;13-;12-/m00000/s1. The fraction of sp³-hybridized carbons (Fsp3) is 0.316. The smallest absolute Gasteiger partial charge is 0.159 e. The van der Waals surface area contributed by atoms with E-state index < -0.39 is 0 Å². The molecule has 0 N–H and O–H groups in total. The van der Waals surface area contributed by atoms with E-state index in [0.29, 0.717) is 30.3 Å². The number of fused-ring (bicyclic) bond motifs is 15. The van der Waals surface area contributed by atoms with E-state index in [9.17, 15) is 0 Å². The number of hydrogen-bond acceptors (Lipinski definition) is 20. The lowest BCUT2D eigenvalue weighted by Crippen LogP contribution is -2.41. The molecule has 115 heavy (non-hydrogen) atoms. The molecule has 0 unspecified atom stereocenters. The summed E-state index contributed by atoms with van der Waals surface area (Å²) in [6, 6.07) is 32.3. The van der Waals surface area contributed by atoms with E-state index in [4.69, 9.17) is 22.1 Å². The summed E-state index contributed by atoms with van der Waals surface area (Å²) in [5, 5.41) is 11.0. The van der Waals surface area contributed by atoms with Crippen LogP contribution in [-0.2, 0) is 0 Å². The number of aryl methyl sites for hydroxylation is 5. The van der Waals surface area contributed by atoms with Gasteiger partial charge in [-0.2, -0.15) is 0 Å². The summed E-state index contributed by atoms with van der Waals surface area (Å²) in [6.45, 7) is 35.0. The SMILES string of the molecule is CCN1C=CN(c2c(C)ccc3c2oc2ccncc23)[C@H]1C.Cc1ccc2c(oc3ccncc32)c1N1C=CN(C(C)C)[C@@H]1C.Cc1ccc2c(oc3ccncc32)c1N1C=CN(C)[C@@H]1C.Cc1ccc2c(oc3ccncc32)c1N1C=CN(C2CCCC2)[C@@H]1C.Cc1ccc2c(oc3ccncc32)c1N1C=CN(CC(C)C)[C@@H]1C. The van der Waals surface area contributed by atoms with E-state index >= 15 is 0 Å². The third-order valence-corrected chi connectivity index (χ3v) is 24.2. The van der Waals surface area contributed by atoms with Gasteiger partial charge in [-0.3, -0.25) is 24.9 Å². The molecule has 5 atom stereocenters. The highest BCUT2D eigenvalue weighted by molar-refractivity contribution is 6.13. The van der Waals surface area contributed by atoms with E-state index in [-0.39, 0.29) is 18.5 Å². The van der Waals surface area contributed by atoms with Crippen LogP contribution in [-0.4, -0.2) is 112 Å². The average Bonchev–Trinajstić information content (AvgIpc) is 1.63. The monoisotopic (exact) mass is 1530 g/mol. The molecule has 20 heteroatoms. The van der Waals surface area contributed by atoms with Crippen molar-refractivity contribution in [1.29, 1.82) is 0 Å². The van der Waals surface area contributed by atoms with Crippen LogP contribution in [0.1, 0.15) is 123 Å². The molecule has 1 aliphatic carbocycles. The second-order valence-corrected chi connectivity index (χ2v) is 32.1. The number of hydrogen-bond donors (Lipinski definition) is 0. The van der Waals surface area contributed by atoms with Crippen LogP contribution in [0.4, 0.5) is 28.4 Å². The van der Waals surface area contributed by atoms with E-state index in [1.807, 2.05) is 61.3 Å². The van der Waals surface area contributed by atoms with Gasteiger partial charge in [0.15, 0.2) is 27.9 Å². The van der Waals surface area contributed by atoms with Crippen LogP contribution in [0.2, 0.25) is 0 Å². The fourth-order valence-corrected chi connectivity index (χ4v) is 17.8. The Morgan fingerprint density at radius 3 is 0.957 bits per heavy atom. The summed E-state index contributed by atoms with van der Waals surface area (Å²) in [7, 11) is 2.08. The Labute approximate surface area is 671 Å². The van der Waals surface area contributed by atoms with E-state index in [1.54, 1.807) is 31.0 Å². The van der Waals surface area contributed by atoms with Gasteiger partial charge in [-0.1, -0.05) is 87.4 Å². The summed E-state index contributed by atoms with van der Waals surface area (Å²) in [4.78, 5) is 44.5. The first-order chi connectivity index (χ1) is 55.7. The minimum Gasteiger partial charge on any atom is -0.454 e. The van der Waals surface area contributed by atoms with Crippen molar-refractivity contribution < 1.29 is 22.1 Å². The molecular formula is C95H103N15O5. The van der Waals surface area contributed by atoms with Crippen molar-refractivity contribution in [3.05, 3.63) is 243 Å². The first-order valence-corrected chi connectivity index (χ1v) is 40.7. The molecule has 20 nitrogen and oxygen atoms in total. The Bertz CT molecular complexity index is 6310. The fourth-order valence-electron chi connectivity index (χ4n) is 17.8. The first kappa shape index (κ1) is 75.2. The van der Waals surface area contributed by atoms with Gasteiger partial charge in [-0.05, 0) is 167 Å². The van der Waals surface area contributed by atoms with E-state index in [1.165, 1.54) is 59.2 Å². The third-order valence-electron chi connectivity index (χ3n) is 24.2. The predicted octanol–water partition coefficient (Wildman–Crippen LogP) is 22.8. The van der Waals surface area contributed by atoms with Crippen LogP contribution in [0.3, 0.4) is 0 Å². The highest BCUT2D eigenvalue weighted by atomic mass is 16.3. The maximum absolute atomic E-state index is 6.25. The molecule has 21 rings (SSSR count). The minimum atomic E-state index is 0.269. The molecule has 1 fully saturated rings. The van der Waals surface area contributed by atoms with Crippen molar-refractivity contribution in [2.24, 2.45) is 5.92 Å². The van der Waals surface area contributed by atoms with Crippen molar-refractivity contribution in [2.75, 3.05) is 44.6 Å². The molecule has 5 aromatic carbocycles. The number of furan rings is 5. The zero-order chi connectivity index (χ0) is 79.8. The highest BCUT2D eigenvalue weighted by Gasteiger charge is 2.35. The van der Waals surface area contributed by atoms with Gasteiger partial charge in [0.1, 0.15) is 58.7 Å². The Balaban J connectivity index is 0.000000104. The normalized spacial score (nSPS) is 18.7. The summed E-state index contributed by atoms with van der Waals surface area (Å²) >= 11 is 0. The van der Waals surface area contributed by atoms with Crippen LogP contribution in [0.15, 0.2) is 237 Å². The molecule has 0 bridgehead atoms. The Hall–Kier alpha value is -12.5. The van der Waals surface area contributed by atoms with Crippen molar-refractivity contribution in [1.82, 2.24) is 49.4 Å². The molecule has 0 spiro atoms. The van der Waals surface area contributed by atoms with Crippen LogP contribution >= 0.6 is 0 Å². The number of pyridine rings is 5. The molecule has 0 saturated heterocycles. The molecular weight excluding hydrogens is 1430 g/mol. The summed E-state index contributed by atoms with van der Waals surface area (Å²) in [6.07, 6.45) is 46.7. The van der Waals surface area contributed by atoms with Crippen LogP contribution in [0, 0.1) is 40.5 Å². The molecule has 0 amide bonds. The van der Waals surface area contributed by atoms with Crippen molar-refractivity contribution in [2.45, 2.75) is 172 Å². The molecule has 588 valence electrons. The van der Waals surface area contributed by atoms with Gasteiger partial charge in [-0.15, -0.1) is 0 Å².